The van der Waals surface area contributed by atoms with Crippen molar-refractivity contribution in [3.8, 4) is 0 Å². The summed E-state index contributed by atoms with van der Waals surface area (Å²) in [5, 5.41) is 6.38. The Morgan fingerprint density at radius 3 is 2.85 bits per heavy atom. The summed E-state index contributed by atoms with van der Waals surface area (Å²) in [6.45, 7) is 2.57. The van der Waals surface area contributed by atoms with Crippen molar-refractivity contribution in [1.82, 2.24) is 10.1 Å². The predicted molar refractivity (Wildman–Crippen MR) is 102 cm³/mol. The average Bonchev–Trinajstić information content (AvgIpc) is 3.24. The third kappa shape index (κ3) is 5.11. The van der Waals surface area contributed by atoms with Crippen LogP contribution in [0.5, 0.6) is 0 Å². The van der Waals surface area contributed by atoms with E-state index in [0.29, 0.717) is 17.3 Å². The number of anilines is 1. The molecule has 0 radical (unpaired) electrons. The fourth-order valence-corrected chi connectivity index (χ4v) is 3.88. The summed E-state index contributed by atoms with van der Waals surface area (Å²) in [6.07, 6.45) is 2.97. The summed E-state index contributed by atoms with van der Waals surface area (Å²) >= 11 is 1.33. The van der Waals surface area contributed by atoms with Gasteiger partial charge in [0.15, 0.2) is 5.82 Å². The molecule has 3 rings (SSSR count). The normalized spacial score (nSPS) is 16.7. The molecule has 1 aliphatic heterocycles. The van der Waals surface area contributed by atoms with Gasteiger partial charge in [0.2, 0.25) is 11.8 Å². The van der Waals surface area contributed by atoms with Gasteiger partial charge in [-0.1, -0.05) is 35.5 Å². The van der Waals surface area contributed by atoms with E-state index in [0.717, 1.165) is 25.8 Å². The number of aryl methyl sites for hydroxylation is 1. The highest BCUT2D eigenvalue weighted by Crippen LogP contribution is 2.22. The van der Waals surface area contributed by atoms with E-state index in [4.69, 9.17) is 4.52 Å². The first-order chi connectivity index (χ1) is 12.6. The molecule has 26 heavy (non-hydrogen) atoms. The van der Waals surface area contributed by atoms with Crippen molar-refractivity contribution in [2.75, 3.05) is 23.4 Å². The van der Waals surface area contributed by atoms with Gasteiger partial charge >= 0.3 is 0 Å². The lowest BCUT2D eigenvalue weighted by molar-refractivity contribution is -0.129. The molecule has 0 saturated carbocycles. The van der Waals surface area contributed by atoms with Crippen LogP contribution in [0, 0.1) is 6.92 Å². The van der Waals surface area contributed by atoms with E-state index in [1.54, 1.807) is 13.0 Å². The van der Waals surface area contributed by atoms with Crippen LogP contribution in [0.1, 0.15) is 24.2 Å². The van der Waals surface area contributed by atoms with Crippen LogP contribution in [0.15, 0.2) is 40.9 Å². The van der Waals surface area contributed by atoms with E-state index < -0.39 is 0 Å². The Morgan fingerprint density at radius 2 is 2.12 bits per heavy atom. The van der Waals surface area contributed by atoms with Crippen LogP contribution >= 0.6 is 11.8 Å². The van der Waals surface area contributed by atoms with E-state index in [-0.39, 0.29) is 23.6 Å². The lowest BCUT2D eigenvalue weighted by Crippen LogP contribution is -2.38. The number of likely N-dealkylation sites (tertiary alicyclic amines) is 1. The second-order valence-electron chi connectivity index (χ2n) is 6.44. The van der Waals surface area contributed by atoms with Crippen LogP contribution in [0.4, 0.5) is 5.82 Å². The number of rotatable bonds is 7. The second-order valence-corrected chi connectivity index (χ2v) is 7.42. The van der Waals surface area contributed by atoms with E-state index in [1.807, 2.05) is 23.1 Å². The van der Waals surface area contributed by atoms with Gasteiger partial charge in [-0.05, 0) is 31.7 Å². The van der Waals surface area contributed by atoms with Crippen molar-refractivity contribution in [2.45, 2.75) is 32.2 Å². The number of nitrogens with one attached hydrogen (secondary N) is 1. The Bertz CT molecular complexity index is 747. The molecule has 1 fully saturated rings. The first-order valence-electron chi connectivity index (χ1n) is 8.76. The zero-order valence-corrected chi connectivity index (χ0v) is 15.6. The Hall–Kier alpha value is -2.28. The number of hydrogen-bond acceptors (Lipinski definition) is 5. The number of aromatic nitrogens is 1. The summed E-state index contributed by atoms with van der Waals surface area (Å²) in [5.41, 5.74) is 1.26. The minimum absolute atomic E-state index is 0.110. The molecule has 7 heteroatoms. The van der Waals surface area contributed by atoms with Gasteiger partial charge in [0, 0.05) is 18.7 Å². The number of benzene rings is 1. The van der Waals surface area contributed by atoms with Crippen LogP contribution in [0.3, 0.4) is 0 Å². The zero-order chi connectivity index (χ0) is 18.4. The first-order valence-corrected chi connectivity index (χ1v) is 9.91. The first kappa shape index (κ1) is 18.5. The lowest BCUT2D eigenvalue weighted by atomic mass is 10.0. The lowest BCUT2D eigenvalue weighted by Gasteiger charge is -2.24. The Labute approximate surface area is 157 Å². The molecule has 1 atom stereocenters. The monoisotopic (exact) mass is 373 g/mol. The highest BCUT2D eigenvalue weighted by molar-refractivity contribution is 8.00. The molecule has 2 amide bonds. The molecule has 2 aromatic rings. The van der Waals surface area contributed by atoms with E-state index in [2.05, 4.69) is 22.6 Å². The highest BCUT2D eigenvalue weighted by Gasteiger charge is 2.28. The summed E-state index contributed by atoms with van der Waals surface area (Å²) < 4.78 is 4.90. The van der Waals surface area contributed by atoms with Crippen LogP contribution in [-0.2, 0) is 16.0 Å². The average molecular weight is 373 g/mol. The van der Waals surface area contributed by atoms with Crippen molar-refractivity contribution in [3.05, 3.63) is 47.7 Å². The van der Waals surface area contributed by atoms with Crippen molar-refractivity contribution >= 4 is 29.4 Å². The van der Waals surface area contributed by atoms with Crippen molar-refractivity contribution in [1.29, 1.82) is 0 Å². The van der Waals surface area contributed by atoms with Crippen molar-refractivity contribution in [2.24, 2.45) is 0 Å². The predicted octanol–water partition coefficient (Wildman–Crippen LogP) is 2.89. The Balaban J connectivity index is 1.43. The van der Waals surface area contributed by atoms with E-state index in [9.17, 15) is 9.59 Å². The smallest absolute Gasteiger partial charge is 0.235 e. The summed E-state index contributed by atoms with van der Waals surface area (Å²) in [5.74, 6) is 1.51. The Kier molecular flexibility index (Phi) is 6.33. The number of hydrogen-bond donors (Lipinski definition) is 1. The van der Waals surface area contributed by atoms with Gasteiger partial charge in [-0.15, -0.1) is 11.8 Å². The maximum absolute atomic E-state index is 12.5. The standard InChI is InChI=1S/C19H23N3O3S/c1-14-10-17(21-25-14)20-18(23)12-26-13-19(24)22-9-5-8-16(22)11-15-6-3-2-4-7-15/h2-4,6-7,10,16H,5,8-9,11-13H2,1H3,(H,20,21,23). The third-order valence-electron chi connectivity index (χ3n) is 4.37. The van der Waals surface area contributed by atoms with Crippen LogP contribution in [-0.4, -0.2) is 46.0 Å². The molecular weight excluding hydrogens is 350 g/mol. The van der Waals surface area contributed by atoms with Crippen LogP contribution < -0.4 is 5.32 Å². The van der Waals surface area contributed by atoms with Gasteiger partial charge < -0.3 is 14.7 Å². The van der Waals surface area contributed by atoms with Gasteiger partial charge in [0.25, 0.3) is 0 Å². The van der Waals surface area contributed by atoms with Crippen LogP contribution in [0.2, 0.25) is 0 Å². The van der Waals surface area contributed by atoms with Crippen molar-refractivity contribution < 1.29 is 14.1 Å². The van der Waals surface area contributed by atoms with Gasteiger partial charge in [-0.2, -0.15) is 0 Å². The summed E-state index contributed by atoms with van der Waals surface area (Å²) in [6, 6.07) is 12.2. The fraction of sp³-hybridized carbons (Fsp3) is 0.421. The SMILES string of the molecule is Cc1cc(NC(=O)CSCC(=O)N2CCCC2Cc2ccccc2)no1. The maximum Gasteiger partial charge on any atom is 0.235 e. The quantitative estimate of drug-likeness (QED) is 0.808. The molecule has 6 nitrogen and oxygen atoms in total. The molecule has 1 unspecified atom stereocenters. The molecule has 2 heterocycles. The molecule has 0 aliphatic carbocycles. The van der Waals surface area contributed by atoms with Gasteiger partial charge in [-0.3, -0.25) is 9.59 Å². The molecule has 0 spiro atoms. The number of thioether (sulfide) groups is 1. The maximum atomic E-state index is 12.5. The fourth-order valence-electron chi connectivity index (χ4n) is 3.18. The molecule has 0 bridgehead atoms. The van der Waals surface area contributed by atoms with E-state index in [1.165, 1.54) is 17.3 Å². The zero-order valence-electron chi connectivity index (χ0n) is 14.8. The second kappa shape index (κ2) is 8.89. The summed E-state index contributed by atoms with van der Waals surface area (Å²) in [7, 11) is 0. The number of amides is 2. The molecule has 1 aliphatic rings. The van der Waals surface area contributed by atoms with Gasteiger partial charge in [-0.25, -0.2) is 0 Å². The largest absolute Gasteiger partial charge is 0.360 e. The molecule has 1 N–H and O–H groups in total. The highest BCUT2D eigenvalue weighted by atomic mass is 32.2. The number of nitrogens with zero attached hydrogens (tertiary/aromatic N) is 2. The molecular formula is C19H23N3O3S. The topological polar surface area (TPSA) is 75.4 Å². The number of carbonyl (C=O) groups excluding carboxylic acids is 2. The van der Waals surface area contributed by atoms with Crippen molar-refractivity contribution in [3.63, 3.8) is 0 Å². The van der Waals surface area contributed by atoms with Gasteiger partial charge in [0.05, 0.1) is 11.5 Å². The summed E-state index contributed by atoms with van der Waals surface area (Å²) in [4.78, 5) is 26.4. The molecule has 1 aromatic carbocycles. The Morgan fingerprint density at radius 1 is 1.31 bits per heavy atom. The molecule has 138 valence electrons. The minimum Gasteiger partial charge on any atom is -0.360 e. The minimum atomic E-state index is -0.182. The molecule has 1 saturated heterocycles. The van der Waals surface area contributed by atoms with Crippen LogP contribution in [0.25, 0.3) is 0 Å². The van der Waals surface area contributed by atoms with E-state index >= 15 is 0 Å². The molecule has 1 aromatic heterocycles. The number of carbonyl (C=O) groups is 2. The third-order valence-corrected chi connectivity index (χ3v) is 5.28. The van der Waals surface area contributed by atoms with Gasteiger partial charge in [0.1, 0.15) is 5.76 Å².